The van der Waals surface area contributed by atoms with Crippen LogP contribution >= 0.6 is 11.3 Å². The lowest BCUT2D eigenvalue weighted by molar-refractivity contribution is 0.100. The van der Waals surface area contributed by atoms with Crippen LogP contribution < -0.4 is 10.6 Å². The van der Waals surface area contributed by atoms with E-state index in [2.05, 4.69) is 47.1 Å². The fraction of sp³-hybridized carbons (Fsp3) is 0.417. The molecule has 1 amide bonds. The van der Waals surface area contributed by atoms with E-state index >= 15 is 0 Å². The highest BCUT2D eigenvalue weighted by molar-refractivity contribution is 7.22. The van der Waals surface area contributed by atoms with Crippen molar-refractivity contribution in [3.05, 3.63) is 47.7 Å². The van der Waals surface area contributed by atoms with Gasteiger partial charge in [-0.15, -0.1) is 11.3 Å². The number of carbonyl (C=O) groups excluding carboxylic acids is 1. The summed E-state index contributed by atoms with van der Waals surface area (Å²) < 4.78 is 0.904. The molecule has 1 aliphatic rings. The lowest BCUT2D eigenvalue weighted by Crippen LogP contribution is -2.35. The van der Waals surface area contributed by atoms with Crippen LogP contribution in [-0.4, -0.2) is 35.7 Å². The maximum Gasteiger partial charge on any atom is 0.251 e. The summed E-state index contributed by atoms with van der Waals surface area (Å²) in [5, 5.41) is 10.4. The maximum absolute atomic E-state index is 12.0. The van der Waals surface area contributed by atoms with Crippen LogP contribution in [0, 0.1) is 5.92 Å². The molecular formula is C24H29N3O2S. The average Bonchev–Trinajstić information content (AvgIpc) is 3.22. The molecule has 0 saturated carbocycles. The predicted molar refractivity (Wildman–Crippen MR) is 124 cm³/mol. The van der Waals surface area contributed by atoms with Gasteiger partial charge in [0, 0.05) is 36.2 Å². The molecule has 1 fully saturated rings. The number of unbranched alkanes of at least 4 members (excludes halogenated alkanes) is 1. The first kappa shape index (κ1) is 20.8. The molecule has 1 saturated heterocycles. The number of fused-ring (bicyclic) bond motifs is 1. The third-order valence-corrected chi connectivity index (χ3v) is 7.25. The van der Waals surface area contributed by atoms with Crippen LogP contribution in [0.1, 0.15) is 48.5 Å². The summed E-state index contributed by atoms with van der Waals surface area (Å²) in [6.07, 6.45) is 7.02. The third-order valence-electron chi connectivity index (χ3n) is 6.03. The zero-order valence-electron chi connectivity index (χ0n) is 17.4. The van der Waals surface area contributed by atoms with Gasteiger partial charge in [-0.3, -0.25) is 4.79 Å². The molecule has 0 atom stereocenters. The molecule has 0 bridgehead atoms. The van der Waals surface area contributed by atoms with Gasteiger partial charge in [0.1, 0.15) is 5.82 Å². The molecule has 1 aromatic carbocycles. The van der Waals surface area contributed by atoms with Crippen molar-refractivity contribution in [3.8, 4) is 10.4 Å². The van der Waals surface area contributed by atoms with Gasteiger partial charge in [0.25, 0.3) is 5.91 Å². The average molecular weight is 424 g/mol. The van der Waals surface area contributed by atoms with E-state index in [0.29, 0.717) is 11.5 Å². The SMILES string of the molecule is CCCCc1ccc(-c2cc3c(N4CCC(CO)CC4)ncc(C(N)=O)c3s2)cc1. The van der Waals surface area contributed by atoms with Crippen LogP contribution in [0.4, 0.5) is 5.82 Å². The second kappa shape index (κ2) is 9.14. The van der Waals surface area contributed by atoms with E-state index < -0.39 is 5.91 Å². The Morgan fingerprint density at radius 1 is 1.27 bits per heavy atom. The Kier molecular flexibility index (Phi) is 6.35. The zero-order chi connectivity index (χ0) is 21.1. The molecule has 3 aromatic rings. The largest absolute Gasteiger partial charge is 0.396 e. The molecule has 0 aliphatic carbocycles. The van der Waals surface area contributed by atoms with Gasteiger partial charge in [-0.25, -0.2) is 4.98 Å². The molecule has 0 spiro atoms. The van der Waals surface area contributed by atoms with Gasteiger partial charge in [-0.1, -0.05) is 37.6 Å². The van der Waals surface area contributed by atoms with Crippen molar-refractivity contribution in [1.29, 1.82) is 0 Å². The smallest absolute Gasteiger partial charge is 0.251 e. The number of carbonyl (C=O) groups is 1. The second-order valence-electron chi connectivity index (χ2n) is 8.13. The summed E-state index contributed by atoms with van der Waals surface area (Å²) in [5.74, 6) is 0.834. The minimum Gasteiger partial charge on any atom is -0.396 e. The number of rotatable bonds is 7. The van der Waals surface area contributed by atoms with Crippen molar-refractivity contribution in [2.45, 2.75) is 39.0 Å². The van der Waals surface area contributed by atoms with Crippen molar-refractivity contribution in [2.75, 3.05) is 24.6 Å². The van der Waals surface area contributed by atoms with Gasteiger partial charge >= 0.3 is 0 Å². The molecule has 6 heteroatoms. The number of aliphatic hydroxyl groups excluding tert-OH is 1. The van der Waals surface area contributed by atoms with Gasteiger partial charge in [0.15, 0.2) is 0 Å². The molecular weight excluding hydrogens is 394 g/mol. The molecule has 3 heterocycles. The molecule has 0 radical (unpaired) electrons. The Balaban J connectivity index is 1.70. The number of hydrogen-bond donors (Lipinski definition) is 2. The lowest BCUT2D eigenvalue weighted by Gasteiger charge is -2.32. The summed E-state index contributed by atoms with van der Waals surface area (Å²) in [6.45, 7) is 4.18. The van der Waals surface area contributed by atoms with Crippen molar-refractivity contribution in [3.63, 3.8) is 0 Å². The van der Waals surface area contributed by atoms with Crippen LogP contribution in [0.3, 0.4) is 0 Å². The van der Waals surface area contributed by atoms with E-state index in [-0.39, 0.29) is 6.61 Å². The highest BCUT2D eigenvalue weighted by Crippen LogP contribution is 2.40. The Bertz CT molecular complexity index is 1020. The van der Waals surface area contributed by atoms with Crippen LogP contribution in [-0.2, 0) is 6.42 Å². The number of benzene rings is 1. The maximum atomic E-state index is 12.0. The van der Waals surface area contributed by atoms with Crippen LogP contribution in [0.25, 0.3) is 20.5 Å². The predicted octanol–water partition coefficient (Wildman–Crippen LogP) is 4.61. The number of anilines is 1. The number of piperidine rings is 1. The van der Waals surface area contributed by atoms with Gasteiger partial charge < -0.3 is 15.7 Å². The van der Waals surface area contributed by atoms with Crippen molar-refractivity contribution in [1.82, 2.24) is 4.98 Å². The minimum atomic E-state index is -0.443. The van der Waals surface area contributed by atoms with E-state index in [1.165, 1.54) is 18.4 Å². The number of pyridine rings is 1. The summed E-state index contributed by atoms with van der Waals surface area (Å²) in [6, 6.07) is 10.9. The fourth-order valence-electron chi connectivity index (χ4n) is 4.12. The Hall–Kier alpha value is -2.44. The van der Waals surface area contributed by atoms with Gasteiger partial charge in [-0.2, -0.15) is 0 Å². The third kappa shape index (κ3) is 4.20. The van der Waals surface area contributed by atoms with E-state index in [1.807, 2.05) is 0 Å². The number of amides is 1. The van der Waals surface area contributed by atoms with E-state index in [4.69, 9.17) is 5.73 Å². The quantitative estimate of drug-likeness (QED) is 0.581. The first-order chi connectivity index (χ1) is 14.6. The molecule has 3 N–H and O–H groups in total. The lowest BCUT2D eigenvalue weighted by atomic mass is 9.97. The monoisotopic (exact) mass is 423 g/mol. The summed E-state index contributed by atoms with van der Waals surface area (Å²) >= 11 is 1.60. The van der Waals surface area contributed by atoms with E-state index in [0.717, 1.165) is 58.7 Å². The van der Waals surface area contributed by atoms with Crippen molar-refractivity contribution >= 4 is 33.1 Å². The number of primary amides is 1. The number of hydrogen-bond acceptors (Lipinski definition) is 5. The first-order valence-electron chi connectivity index (χ1n) is 10.8. The molecule has 1 aliphatic heterocycles. The van der Waals surface area contributed by atoms with Crippen LogP contribution in [0.2, 0.25) is 0 Å². The molecule has 4 rings (SSSR count). The van der Waals surface area contributed by atoms with Gasteiger partial charge in [0.05, 0.1) is 10.3 Å². The van der Waals surface area contributed by atoms with E-state index in [1.54, 1.807) is 17.5 Å². The number of aliphatic hydroxyl groups is 1. The summed E-state index contributed by atoms with van der Waals surface area (Å²) in [5.41, 5.74) is 8.63. The number of aromatic nitrogens is 1. The Labute approximate surface area is 181 Å². The summed E-state index contributed by atoms with van der Waals surface area (Å²) in [7, 11) is 0. The number of nitrogens with zero attached hydrogens (tertiary/aromatic N) is 2. The zero-order valence-corrected chi connectivity index (χ0v) is 18.3. The topological polar surface area (TPSA) is 79.4 Å². The first-order valence-corrected chi connectivity index (χ1v) is 11.6. The standard InChI is InChI=1S/C24H29N3O2S/c1-2-3-4-16-5-7-18(8-6-16)21-13-19-22(30-21)20(23(25)29)14-26-24(19)27-11-9-17(15-28)10-12-27/h5-8,13-14,17,28H,2-4,9-12,15H2,1H3,(H2,25,29). The van der Waals surface area contributed by atoms with Gasteiger partial charge in [-0.05, 0) is 48.8 Å². The number of thiophene rings is 1. The second-order valence-corrected chi connectivity index (χ2v) is 9.18. The molecule has 30 heavy (non-hydrogen) atoms. The molecule has 5 nitrogen and oxygen atoms in total. The fourth-order valence-corrected chi connectivity index (χ4v) is 5.30. The normalized spacial score (nSPS) is 15.1. The molecule has 158 valence electrons. The van der Waals surface area contributed by atoms with E-state index in [9.17, 15) is 9.90 Å². The van der Waals surface area contributed by atoms with Crippen molar-refractivity contribution < 1.29 is 9.90 Å². The van der Waals surface area contributed by atoms with Crippen molar-refractivity contribution in [2.24, 2.45) is 11.7 Å². The number of nitrogens with two attached hydrogens (primary N) is 1. The Morgan fingerprint density at radius 2 is 2.00 bits per heavy atom. The highest BCUT2D eigenvalue weighted by Gasteiger charge is 2.23. The highest BCUT2D eigenvalue weighted by atomic mass is 32.1. The summed E-state index contributed by atoms with van der Waals surface area (Å²) in [4.78, 5) is 20.0. The van der Waals surface area contributed by atoms with Crippen LogP contribution in [0.15, 0.2) is 36.5 Å². The molecule has 0 unspecified atom stereocenters. The van der Waals surface area contributed by atoms with Gasteiger partial charge in [0.2, 0.25) is 0 Å². The molecule has 2 aromatic heterocycles. The number of aryl methyl sites for hydroxylation is 1. The Morgan fingerprint density at radius 3 is 2.63 bits per heavy atom. The van der Waals surface area contributed by atoms with Crippen LogP contribution in [0.5, 0.6) is 0 Å². The minimum absolute atomic E-state index is 0.244.